The summed E-state index contributed by atoms with van der Waals surface area (Å²) in [6.07, 6.45) is 75.8. The summed E-state index contributed by atoms with van der Waals surface area (Å²) in [5.74, 6) is -0.00563. The van der Waals surface area contributed by atoms with E-state index in [1.54, 1.807) is 0 Å². The average Bonchev–Trinajstić information content (AvgIpc) is 3.39. The van der Waals surface area contributed by atoms with E-state index in [1.165, 1.54) is 321 Å². The summed E-state index contributed by atoms with van der Waals surface area (Å²) >= 11 is 0. The lowest BCUT2D eigenvalue weighted by molar-refractivity contribution is -0.143. The van der Waals surface area contributed by atoms with Crippen LogP contribution in [0.2, 0.25) is 0 Å². The van der Waals surface area contributed by atoms with E-state index >= 15 is 0 Å². The van der Waals surface area contributed by atoms with Crippen molar-refractivity contribution in [2.45, 2.75) is 405 Å². The van der Waals surface area contributed by atoms with Gasteiger partial charge in [-0.15, -0.1) is 0 Å². The zero-order valence-electron chi connectivity index (χ0n) is 49.9. The summed E-state index contributed by atoms with van der Waals surface area (Å²) in [7, 11) is 0. The molecule has 0 aliphatic carbocycles. The molecular formula is C67H133NO5. The molecule has 0 spiro atoms. The highest BCUT2D eigenvalue weighted by Gasteiger charge is 2.20. The molecule has 6 heteroatoms. The first kappa shape index (κ1) is 71.9. The maximum atomic E-state index is 12.5. The molecule has 0 aromatic rings. The van der Waals surface area contributed by atoms with Crippen LogP contribution in [-0.2, 0) is 14.3 Å². The maximum Gasteiger partial charge on any atom is 0.305 e. The second kappa shape index (κ2) is 63.4. The SMILES string of the molecule is CCCCCCCCCCCCCCCCC(=O)OCCCCCCCCCCCCCCCCCCCCCCCCCCCCCCCCC(=O)NC(CO)C(O)CCCCCCCCCCCCCC. The molecule has 0 heterocycles. The fourth-order valence-corrected chi connectivity index (χ4v) is 11.0. The van der Waals surface area contributed by atoms with Crippen molar-refractivity contribution >= 4 is 11.9 Å². The van der Waals surface area contributed by atoms with Crippen molar-refractivity contribution in [1.29, 1.82) is 0 Å². The number of aliphatic hydroxyl groups is 2. The highest BCUT2D eigenvalue weighted by molar-refractivity contribution is 5.76. The Morgan fingerprint density at radius 1 is 0.329 bits per heavy atom. The first-order chi connectivity index (χ1) is 36.0. The summed E-state index contributed by atoms with van der Waals surface area (Å²) in [6, 6.07) is -0.536. The van der Waals surface area contributed by atoms with Crippen LogP contribution in [0.4, 0.5) is 0 Å². The van der Waals surface area contributed by atoms with E-state index in [0.717, 1.165) is 38.5 Å². The van der Waals surface area contributed by atoms with E-state index in [2.05, 4.69) is 19.2 Å². The Hall–Kier alpha value is -1.14. The lowest BCUT2D eigenvalue weighted by Crippen LogP contribution is -2.45. The van der Waals surface area contributed by atoms with Gasteiger partial charge in [-0.25, -0.2) is 0 Å². The number of carbonyl (C=O) groups is 2. The lowest BCUT2D eigenvalue weighted by atomic mass is 10.0. The van der Waals surface area contributed by atoms with Gasteiger partial charge >= 0.3 is 5.97 Å². The highest BCUT2D eigenvalue weighted by atomic mass is 16.5. The van der Waals surface area contributed by atoms with Crippen LogP contribution in [0.1, 0.15) is 393 Å². The number of hydrogen-bond acceptors (Lipinski definition) is 5. The molecule has 2 atom stereocenters. The van der Waals surface area contributed by atoms with Gasteiger partial charge in [0, 0.05) is 12.8 Å². The van der Waals surface area contributed by atoms with Gasteiger partial charge in [-0.3, -0.25) is 9.59 Å². The molecule has 0 fully saturated rings. The molecule has 0 bridgehead atoms. The van der Waals surface area contributed by atoms with Crippen LogP contribution in [0.25, 0.3) is 0 Å². The largest absolute Gasteiger partial charge is 0.466 e. The Morgan fingerprint density at radius 2 is 0.562 bits per heavy atom. The van der Waals surface area contributed by atoms with Crippen LogP contribution in [0.5, 0.6) is 0 Å². The lowest BCUT2D eigenvalue weighted by Gasteiger charge is -2.22. The summed E-state index contributed by atoms with van der Waals surface area (Å²) in [4.78, 5) is 24.5. The third kappa shape index (κ3) is 60.0. The van der Waals surface area contributed by atoms with Crippen molar-refractivity contribution in [3.05, 3.63) is 0 Å². The predicted molar refractivity (Wildman–Crippen MR) is 320 cm³/mol. The monoisotopic (exact) mass is 1030 g/mol. The minimum absolute atomic E-state index is 0.0233. The molecule has 436 valence electrons. The number of carbonyl (C=O) groups excluding carboxylic acids is 2. The zero-order chi connectivity index (χ0) is 52.9. The van der Waals surface area contributed by atoms with Crippen molar-refractivity contribution in [2.24, 2.45) is 0 Å². The first-order valence-corrected chi connectivity index (χ1v) is 33.8. The first-order valence-electron chi connectivity index (χ1n) is 33.8. The van der Waals surface area contributed by atoms with Gasteiger partial charge in [0.05, 0.1) is 25.4 Å². The van der Waals surface area contributed by atoms with Crippen molar-refractivity contribution in [3.8, 4) is 0 Å². The van der Waals surface area contributed by atoms with Crippen molar-refractivity contribution in [3.63, 3.8) is 0 Å². The van der Waals surface area contributed by atoms with Gasteiger partial charge < -0.3 is 20.3 Å². The predicted octanol–water partition coefficient (Wildman–Crippen LogP) is 21.4. The van der Waals surface area contributed by atoms with Gasteiger partial charge in [-0.05, 0) is 25.7 Å². The molecular weight excluding hydrogens is 899 g/mol. The summed E-state index contributed by atoms with van der Waals surface area (Å²) in [6.45, 7) is 4.99. The molecule has 0 aliphatic rings. The molecule has 2 unspecified atom stereocenters. The van der Waals surface area contributed by atoms with Crippen LogP contribution in [0.15, 0.2) is 0 Å². The molecule has 0 saturated heterocycles. The van der Waals surface area contributed by atoms with E-state index in [4.69, 9.17) is 4.74 Å². The van der Waals surface area contributed by atoms with Gasteiger partial charge in [0.25, 0.3) is 0 Å². The molecule has 3 N–H and O–H groups in total. The molecule has 6 nitrogen and oxygen atoms in total. The molecule has 0 aliphatic heterocycles. The summed E-state index contributed by atoms with van der Waals surface area (Å²) in [5.41, 5.74) is 0. The van der Waals surface area contributed by atoms with E-state index in [-0.39, 0.29) is 18.5 Å². The number of unbranched alkanes of at least 4 members (excludes halogenated alkanes) is 53. The van der Waals surface area contributed by atoms with E-state index in [1.807, 2.05) is 0 Å². The fraction of sp³-hybridized carbons (Fsp3) is 0.970. The Kier molecular flexibility index (Phi) is 62.4. The third-order valence-electron chi connectivity index (χ3n) is 16.2. The second-order valence-corrected chi connectivity index (χ2v) is 23.5. The van der Waals surface area contributed by atoms with Crippen LogP contribution in [-0.4, -0.2) is 47.4 Å². The van der Waals surface area contributed by atoms with E-state index in [0.29, 0.717) is 25.9 Å². The Balaban J connectivity index is 3.29. The minimum atomic E-state index is -0.659. The van der Waals surface area contributed by atoms with E-state index in [9.17, 15) is 19.8 Å². The second-order valence-electron chi connectivity index (χ2n) is 23.5. The van der Waals surface area contributed by atoms with Gasteiger partial charge in [-0.2, -0.15) is 0 Å². The fourth-order valence-electron chi connectivity index (χ4n) is 11.0. The van der Waals surface area contributed by atoms with Gasteiger partial charge in [0.1, 0.15) is 0 Å². The average molecular weight is 1030 g/mol. The van der Waals surface area contributed by atoms with Crippen LogP contribution in [0, 0.1) is 0 Å². The number of esters is 1. The number of rotatable bonds is 64. The number of ether oxygens (including phenoxy) is 1. The smallest absolute Gasteiger partial charge is 0.305 e. The van der Waals surface area contributed by atoms with Crippen LogP contribution < -0.4 is 5.32 Å². The van der Waals surface area contributed by atoms with Gasteiger partial charge in [-0.1, -0.05) is 354 Å². The number of aliphatic hydroxyl groups excluding tert-OH is 2. The summed E-state index contributed by atoms with van der Waals surface area (Å²) in [5, 5.41) is 23.2. The van der Waals surface area contributed by atoms with Crippen LogP contribution in [0.3, 0.4) is 0 Å². The van der Waals surface area contributed by atoms with E-state index < -0.39 is 12.1 Å². The molecule has 73 heavy (non-hydrogen) atoms. The zero-order valence-corrected chi connectivity index (χ0v) is 49.9. The normalized spacial score (nSPS) is 12.4. The molecule has 0 aromatic heterocycles. The Labute approximate surface area is 457 Å². The Morgan fingerprint density at radius 3 is 0.836 bits per heavy atom. The van der Waals surface area contributed by atoms with Crippen molar-refractivity contribution in [2.75, 3.05) is 13.2 Å². The Bertz CT molecular complexity index is 1050. The number of amides is 1. The van der Waals surface area contributed by atoms with Crippen LogP contribution >= 0.6 is 0 Å². The standard InChI is InChI=1S/C67H133NO5/c1-3-5-7-9-11-13-15-17-37-41-45-49-53-57-61-67(72)73-62-58-54-50-46-42-38-35-33-31-29-27-25-23-21-19-18-20-22-24-26-28-30-32-34-36-40-44-48-52-56-60-66(71)68-64(63-69)65(70)59-55-51-47-43-39-16-14-12-10-8-6-4-2/h64-65,69-70H,3-63H2,1-2H3,(H,68,71). The number of hydrogen-bond donors (Lipinski definition) is 3. The molecule has 0 aromatic carbocycles. The minimum Gasteiger partial charge on any atom is -0.466 e. The number of nitrogens with one attached hydrogen (secondary N) is 1. The molecule has 0 radical (unpaired) electrons. The molecule has 0 rings (SSSR count). The van der Waals surface area contributed by atoms with Gasteiger partial charge in [0.2, 0.25) is 5.91 Å². The highest BCUT2D eigenvalue weighted by Crippen LogP contribution is 2.19. The van der Waals surface area contributed by atoms with Crippen molar-refractivity contribution < 1.29 is 24.5 Å². The molecule has 0 saturated carbocycles. The molecule has 1 amide bonds. The quantitative estimate of drug-likeness (QED) is 0.0417. The topological polar surface area (TPSA) is 95.9 Å². The van der Waals surface area contributed by atoms with Crippen molar-refractivity contribution in [1.82, 2.24) is 5.32 Å². The third-order valence-corrected chi connectivity index (χ3v) is 16.2. The van der Waals surface area contributed by atoms with Gasteiger partial charge in [0.15, 0.2) is 0 Å². The summed E-state index contributed by atoms with van der Waals surface area (Å²) < 4.78 is 5.49. The maximum absolute atomic E-state index is 12.5.